The number of aromatic nitrogens is 4. The van der Waals surface area contributed by atoms with Crippen molar-refractivity contribution in [1.82, 2.24) is 29.5 Å². The van der Waals surface area contributed by atoms with E-state index in [-0.39, 0.29) is 33.1 Å². The van der Waals surface area contributed by atoms with E-state index in [0.29, 0.717) is 45.6 Å². The highest BCUT2D eigenvalue weighted by Crippen LogP contribution is 2.28. The van der Waals surface area contributed by atoms with E-state index in [2.05, 4.69) is 32.5 Å². The number of hydrogen-bond acceptors (Lipinski definition) is 9. The van der Waals surface area contributed by atoms with Gasteiger partial charge in [0, 0.05) is 60.4 Å². The first-order chi connectivity index (χ1) is 29.5. The van der Waals surface area contributed by atoms with Crippen molar-refractivity contribution in [3.8, 4) is 5.69 Å². The number of carbonyl (C=O) groups excluding carboxylic acids is 2. The van der Waals surface area contributed by atoms with Crippen molar-refractivity contribution >= 4 is 62.6 Å². The number of carbonyl (C=O) groups is 2. The Morgan fingerprint density at radius 2 is 1.25 bits per heavy atom. The summed E-state index contributed by atoms with van der Waals surface area (Å²) in [5.41, 5.74) is 5.11. The Hall–Kier alpha value is -7.90. The molecular weight excluding hydrogens is 769 g/mol. The average Bonchev–Trinajstić information content (AvgIpc) is 3.27. The quantitative estimate of drug-likeness (QED) is 0.0863. The van der Waals surface area contributed by atoms with Crippen molar-refractivity contribution in [3.05, 3.63) is 189 Å². The number of nitrogens with zero attached hydrogens (tertiary/aromatic N) is 5. The van der Waals surface area contributed by atoms with E-state index < -0.39 is 5.91 Å². The molecular formula is C48H46N8O5. The first kappa shape index (κ1) is 42.7. The van der Waals surface area contributed by atoms with Gasteiger partial charge in [-0.1, -0.05) is 73.3 Å². The number of nitrogens with one attached hydrogen (secondary N) is 3. The molecule has 4 heterocycles. The zero-order valence-corrected chi connectivity index (χ0v) is 34.8. The van der Waals surface area contributed by atoms with Gasteiger partial charge in [0.2, 0.25) is 0 Å². The molecule has 13 nitrogen and oxygen atoms in total. The highest BCUT2D eigenvalue weighted by atomic mass is 16.7. The largest absolute Gasteiger partial charge is 0.355 e. The van der Waals surface area contributed by atoms with E-state index in [4.69, 9.17) is 4.84 Å². The zero-order valence-electron chi connectivity index (χ0n) is 34.8. The predicted octanol–water partition coefficient (Wildman–Crippen LogP) is 8.48. The molecule has 0 fully saturated rings. The average molecular weight is 815 g/mol. The van der Waals surface area contributed by atoms with Crippen LogP contribution in [-0.4, -0.2) is 57.2 Å². The molecule has 3 aromatic carbocycles. The van der Waals surface area contributed by atoms with Crippen LogP contribution in [0, 0.1) is 13.8 Å². The summed E-state index contributed by atoms with van der Waals surface area (Å²) >= 11 is 0. The summed E-state index contributed by atoms with van der Waals surface area (Å²) in [4.78, 5) is 66.0. The predicted molar refractivity (Wildman–Crippen MR) is 244 cm³/mol. The molecule has 308 valence electrons. The fourth-order valence-corrected chi connectivity index (χ4v) is 6.66. The van der Waals surface area contributed by atoms with E-state index in [1.54, 1.807) is 36.6 Å². The lowest BCUT2D eigenvalue weighted by Gasteiger charge is -2.20. The van der Waals surface area contributed by atoms with Crippen molar-refractivity contribution in [2.45, 2.75) is 20.8 Å². The van der Waals surface area contributed by atoms with Crippen molar-refractivity contribution < 1.29 is 14.4 Å². The van der Waals surface area contributed by atoms with Gasteiger partial charge in [-0.15, -0.1) is 0 Å². The van der Waals surface area contributed by atoms with Crippen molar-refractivity contribution in [3.63, 3.8) is 0 Å². The Kier molecular flexibility index (Phi) is 13.5. The van der Waals surface area contributed by atoms with Crippen LogP contribution in [0.5, 0.6) is 0 Å². The van der Waals surface area contributed by atoms with Crippen LogP contribution < -0.4 is 26.8 Å². The van der Waals surface area contributed by atoms with E-state index in [9.17, 15) is 19.2 Å². The summed E-state index contributed by atoms with van der Waals surface area (Å²) in [6.07, 6.45) is 7.33. The molecule has 0 aliphatic heterocycles. The topological polar surface area (TPSA) is 152 Å². The smallest absolute Gasteiger partial charge is 0.278 e. The number of benzene rings is 3. The van der Waals surface area contributed by atoms with Crippen molar-refractivity contribution in [2.24, 2.45) is 0 Å². The van der Waals surface area contributed by atoms with Crippen LogP contribution in [0.25, 0.3) is 33.5 Å². The molecule has 4 aromatic heterocycles. The zero-order chi connectivity index (χ0) is 43.6. The molecule has 3 N–H and O–H groups in total. The number of anilines is 4. The molecule has 0 unspecified atom stereocenters. The SMILES string of the molecule is C=C/C(=C\C=C/C)n1c(Nc2ccccc2)cc(=O)c2c(C(=O)NC)cc(C)nc21.CON(C)C(=O)c1cc(C)nc2c1c(=O)cc(Nc1ccccc1)n2-c1ccccc1. The van der Waals surface area contributed by atoms with Gasteiger partial charge in [0.25, 0.3) is 11.8 Å². The molecule has 0 spiro atoms. The third-order valence-corrected chi connectivity index (χ3v) is 9.49. The maximum Gasteiger partial charge on any atom is 0.278 e. The summed E-state index contributed by atoms with van der Waals surface area (Å²) in [6.45, 7) is 9.43. The van der Waals surface area contributed by atoms with Gasteiger partial charge < -0.3 is 16.0 Å². The molecule has 0 saturated carbocycles. The van der Waals surface area contributed by atoms with Gasteiger partial charge >= 0.3 is 0 Å². The Balaban J connectivity index is 0.000000204. The number of rotatable bonds is 11. The fourth-order valence-electron chi connectivity index (χ4n) is 6.66. The molecule has 0 bridgehead atoms. The van der Waals surface area contributed by atoms with Gasteiger partial charge in [-0.25, -0.2) is 15.0 Å². The summed E-state index contributed by atoms with van der Waals surface area (Å²) in [7, 11) is 4.44. The summed E-state index contributed by atoms with van der Waals surface area (Å²) in [5, 5.41) is 10.8. The van der Waals surface area contributed by atoms with E-state index in [1.165, 1.54) is 33.3 Å². The molecule has 0 aliphatic carbocycles. The second-order valence-corrected chi connectivity index (χ2v) is 13.7. The van der Waals surface area contributed by atoms with Crippen molar-refractivity contribution in [2.75, 3.05) is 31.8 Å². The molecule has 2 amide bonds. The lowest BCUT2D eigenvalue weighted by molar-refractivity contribution is -0.0755. The Labute approximate surface area is 352 Å². The van der Waals surface area contributed by atoms with E-state index >= 15 is 0 Å². The lowest BCUT2D eigenvalue weighted by atomic mass is 10.1. The monoisotopic (exact) mass is 814 g/mol. The van der Waals surface area contributed by atoms with Crippen molar-refractivity contribution in [1.29, 1.82) is 0 Å². The number of para-hydroxylation sites is 3. The van der Waals surface area contributed by atoms with Gasteiger partial charge in [0.05, 0.1) is 29.0 Å². The third-order valence-electron chi connectivity index (χ3n) is 9.49. The minimum Gasteiger partial charge on any atom is -0.355 e. The molecule has 0 aliphatic rings. The molecule has 0 saturated heterocycles. The van der Waals surface area contributed by atoms with Gasteiger partial charge in [-0.05, 0) is 81.5 Å². The van der Waals surface area contributed by atoms with E-state index in [1.807, 2.05) is 121 Å². The van der Waals surface area contributed by atoms with Gasteiger partial charge in [-0.2, -0.15) is 0 Å². The standard InChI is InChI=1S/C24H22N4O3.C24H24N4O2/c1-16-14-19(24(30)27(2)31-3)22-20(29)15-21(26-17-10-6-4-7-11-17)28(23(22)25-16)18-12-8-5-9-13-18;1-5-7-13-18(6-2)28-21(27-17-11-9-8-10-12-17)15-20(29)22-19(24(30)25-4)14-16(3)26-23(22)28/h4-15,26H,1-3H3;5-15,27H,2H2,1,3-4H3,(H,25,30)/b;7-5-,18-13+. The van der Waals surface area contributed by atoms with Crippen LogP contribution in [0.1, 0.15) is 39.0 Å². The first-order valence-electron chi connectivity index (χ1n) is 19.3. The van der Waals surface area contributed by atoms with Crippen LogP contribution in [0.3, 0.4) is 0 Å². The number of hydroxylamine groups is 2. The molecule has 7 aromatic rings. The Morgan fingerprint density at radius 3 is 1.79 bits per heavy atom. The maximum absolute atomic E-state index is 13.2. The van der Waals surface area contributed by atoms with Crippen LogP contribution in [-0.2, 0) is 4.84 Å². The minimum atomic E-state index is -0.418. The summed E-state index contributed by atoms with van der Waals surface area (Å²) < 4.78 is 3.65. The fraction of sp³-hybridized carbons (Fsp3) is 0.125. The molecule has 0 atom stereocenters. The van der Waals surface area contributed by atoms with Crippen LogP contribution in [0.2, 0.25) is 0 Å². The third kappa shape index (κ3) is 9.38. The molecule has 7 rings (SSSR count). The number of aryl methyl sites for hydroxylation is 2. The van der Waals surface area contributed by atoms with Crippen LogP contribution >= 0.6 is 0 Å². The highest BCUT2D eigenvalue weighted by Gasteiger charge is 2.23. The second kappa shape index (κ2) is 19.2. The van der Waals surface area contributed by atoms with Crippen LogP contribution in [0.4, 0.5) is 23.0 Å². The number of fused-ring (bicyclic) bond motifs is 2. The van der Waals surface area contributed by atoms with E-state index in [0.717, 1.165) is 22.1 Å². The number of pyridine rings is 4. The molecule has 13 heteroatoms. The minimum absolute atomic E-state index is 0.238. The summed E-state index contributed by atoms with van der Waals surface area (Å²) in [6, 6.07) is 34.9. The number of hydrogen-bond donors (Lipinski definition) is 3. The summed E-state index contributed by atoms with van der Waals surface area (Å²) in [5.74, 6) is 0.316. The molecule has 0 radical (unpaired) electrons. The Bertz CT molecular complexity index is 2920. The number of amides is 2. The number of allylic oxidation sites excluding steroid dienone is 5. The normalized spacial score (nSPS) is 11.2. The second-order valence-electron chi connectivity index (χ2n) is 13.7. The first-order valence-corrected chi connectivity index (χ1v) is 19.3. The highest BCUT2D eigenvalue weighted by molar-refractivity contribution is 6.07. The van der Waals surface area contributed by atoms with Gasteiger partial charge in [0.1, 0.15) is 11.6 Å². The Morgan fingerprint density at radius 1 is 0.738 bits per heavy atom. The van der Waals surface area contributed by atoms with Gasteiger partial charge in [-0.3, -0.25) is 33.1 Å². The lowest BCUT2D eigenvalue weighted by Crippen LogP contribution is -2.27. The van der Waals surface area contributed by atoms with Gasteiger partial charge in [0.15, 0.2) is 22.2 Å². The maximum atomic E-state index is 13.2. The molecule has 61 heavy (non-hydrogen) atoms. The van der Waals surface area contributed by atoms with Crippen LogP contribution in [0.15, 0.2) is 156 Å².